The standard InChI is InChI=1S/C11H10ClN3O2/c1-7-10(11(16)17)13-14-15(7)6-8-3-2-4-9(12)5-8/h2-5H,6H2,1H3,(H,16,17). The lowest BCUT2D eigenvalue weighted by molar-refractivity contribution is 0.0689. The summed E-state index contributed by atoms with van der Waals surface area (Å²) in [7, 11) is 0. The average Bonchev–Trinajstić information content (AvgIpc) is 2.61. The molecular formula is C11H10ClN3O2. The van der Waals surface area contributed by atoms with E-state index < -0.39 is 5.97 Å². The predicted molar refractivity (Wildman–Crippen MR) is 62.3 cm³/mol. The van der Waals surface area contributed by atoms with Crippen molar-refractivity contribution < 1.29 is 9.90 Å². The normalized spacial score (nSPS) is 10.5. The number of carbonyl (C=O) groups is 1. The van der Waals surface area contributed by atoms with Crippen molar-refractivity contribution in [3.63, 3.8) is 0 Å². The molecule has 5 nitrogen and oxygen atoms in total. The van der Waals surface area contributed by atoms with Crippen LogP contribution in [-0.2, 0) is 6.54 Å². The zero-order valence-corrected chi connectivity index (χ0v) is 9.85. The number of aromatic nitrogens is 3. The first-order valence-electron chi connectivity index (χ1n) is 4.96. The lowest BCUT2D eigenvalue weighted by Gasteiger charge is -2.03. The van der Waals surface area contributed by atoms with Gasteiger partial charge in [0.1, 0.15) is 0 Å². The highest BCUT2D eigenvalue weighted by Crippen LogP contribution is 2.13. The first-order chi connectivity index (χ1) is 8.08. The van der Waals surface area contributed by atoms with Crippen LogP contribution in [0, 0.1) is 6.92 Å². The third-order valence-corrected chi connectivity index (χ3v) is 2.64. The lowest BCUT2D eigenvalue weighted by atomic mass is 10.2. The maximum absolute atomic E-state index is 10.8. The Morgan fingerprint density at radius 1 is 1.53 bits per heavy atom. The summed E-state index contributed by atoms with van der Waals surface area (Å²) in [6, 6.07) is 7.32. The van der Waals surface area contributed by atoms with Crippen molar-refractivity contribution in [1.82, 2.24) is 15.0 Å². The quantitative estimate of drug-likeness (QED) is 0.906. The van der Waals surface area contributed by atoms with Gasteiger partial charge < -0.3 is 5.11 Å². The minimum Gasteiger partial charge on any atom is -0.476 e. The Balaban J connectivity index is 2.28. The van der Waals surface area contributed by atoms with Crippen molar-refractivity contribution in [2.45, 2.75) is 13.5 Å². The Morgan fingerprint density at radius 2 is 2.29 bits per heavy atom. The number of rotatable bonds is 3. The van der Waals surface area contributed by atoms with Gasteiger partial charge in [-0.1, -0.05) is 28.9 Å². The maximum Gasteiger partial charge on any atom is 0.358 e. The fourth-order valence-corrected chi connectivity index (χ4v) is 1.73. The molecule has 1 aromatic heterocycles. The minimum absolute atomic E-state index is 0.0213. The molecule has 0 radical (unpaired) electrons. The van der Waals surface area contributed by atoms with Crippen molar-refractivity contribution in [3.05, 3.63) is 46.2 Å². The molecule has 17 heavy (non-hydrogen) atoms. The van der Waals surface area contributed by atoms with Crippen LogP contribution < -0.4 is 0 Å². The number of carboxylic acid groups (broad SMARTS) is 1. The molecule has 0 bridgehead atoms. The molecule has 6 heteroatoms. The fraction of sp³-hybridized carbons (Fsp3) is 0.182. The Hall–Kier alpha value is -1.88. The topological polar surface area (TPSA) is 68.0 Å². The van der Waals surface area contributed by atoms with E-state index in [2.05, 4.69) is 10.3 Å². The first-order valence-corrected chi connectivity index (χ1v) is 5.33. The molecule has 2 rings (SSSR count). The van der Waals surface area contributed by atoms with Gasteiger partial charge in [0.2, 0.25) is 0 Å². The highest BCUT2D eigenvalue weighted by atomic mass is 35.5. The van der Waals surface area contributed by atoms with Crippen molar-refractivity contribution in [2.24, 2.45) is 0 Å². The summed E-state index contributed by atoms with van der Waals surface area (Å²) in [6.45, 7) is 2.13. The van der Waals surface area contributed by atoms with Crippen LogP contribution in [0.2, 0.25) is 5.02 Å². The van der Waals surface area contributed by atoms with Crippen molar-refractivity contribution in [3.8, 4) is 0 Å². The van der Waals surface area contributed by atoms with Crippen LogP contribution in [0.3, 0.4) is 0 Å². The van der Waals surface area contributed by atoms with Gasteiger partial charge in [-0.2, -0.15) is 0 Å². The number of hydrogen-bond acceptors (Lipinski definition) is 3. The second kappa shape index (κ2) is 4.55. The number of aromatic carboxylic acids is 1. The highest BCUT2D eigenvalue weighted by molar-refractivity contribution is 6.30. The summed E-state index contributed by atoms with van der Waals surface area (Å²) in [4.78, 5) is 10.8. The third-order valence-electron chi connectivity index (χ3n) is 2.41. The van der Waals surface area contributed by atoms with E-state index in [-0.39, 0.29) is 5.69 Å². The monoisotopic (exact) mass is 251 g/mol. The first kappa shape index (κ1) is 11.6. The molecule has 88 valence electrons. The van der Waals surface area contributed by atoms with Crippen LogP contribution in [0.15, 0.2) is 24.3 Å². The third kappa shape index (κ3) is 2.45. The van der Waals surface area contributed by atoms with Gasteiger partial charge in [-0.3, -0.25) is 0 Å². The molecule has 0 unspecified atom stereocenters. The summed E-state index contributed by atoms with van der Waals surface area (Å²) < 4.78 is 1.54. The number of nitrogens with zero attached hydrogens (tertiary/aromatic N) is 3. The van der Waals surface area contributed by atoms with E-state index in [1.54, 1.807) is 13.0 Å². The maximum atomic E-state index is 10.8. The number of halogens is 1. The van der Waals surface area contributed by atoms with Crippen molar-refractivity contribution >= 4 is 17.6 Å². The smallest absolute Gasteiger partial charge is 0.358 e. The molecule has 0 saturated heterocycles. The zero-order valence-electron chi connectivity index (χ0n) is 9.09. The molecule has 0 aliphatic heterocycles. The summed E-state index contributed by atoms with van der Waals surface area (Å²) in [5.41, 5.74) is 1.45. The summed E-state index contributed by atoms with van der Waals surface area (Å²) in [6.07, 6.45) is 0. The van der Waals surface area contributed by atoms with Crippen LogP contribution in [0.5, 0.6) is 0 Å². The predicted octanol–water partition coefficient (Wildman–Crippen LogP) is 1.99. The number of hydrogen-bond donors (Lipinski definition) is 1. The fourth-order valence-electron chi connectivity index (χ4n) is 1.52. The van der Waals surface area contributed by atoms with Crippen LogP contribution in [0.1, 0.15) is 21.7 Å². The molecule has 0 aliphatic carbocycles. The molecule has 1 N–H and O–H groups in total. The Morgan fingerprint density at radius 3 is 2.88 bits per heavy atom. The second-order valence-corrected chi connectivity index (χ2v) is 4.05. The summed E-state index contributed by atoms with van der Waals surface area (Å²) >= 11 is 5.87. The molecule has 2 aromatic rings. The van der Waals surface area contributed by atoms with E-state index in [1.165, 1.54) is 4.68 Å². The van der Waals surface area contributed by atoms with Gasteiger partial charge in [0.05, 0.1) is 12.2 Å². The van der Waals surface area contributed by atoms with Gasteiger partial charge in [-0.15, -0.1) is 5.10 Å². The molecule has 0 saturated carbocycles. The Kier molecular flexibility index (Phi) is 3.10. The molecule has 0 amide bonds. The van der Waals surface area contributed by atoms with Crippen LogP contribution in [0.4, 0.5) is 0 Å². The van der Waals surface area contributed by atoms with Gasteiger partial charge in [0.15, 0.2) is 5.69 Å². The van der Waals surface area contributed by atoms with Gasteiger partial charge in [-0.05, 0) is 24.6 Å². The number of benzene rings is 1. The largest absolute Gasteiger partial charge is 0.476 e. The lowest BCUT2D eigenvalue weighted by Crippen LogP contribution is -2.05. The Labute approximate surface area is 103 Å². The van der Waals surface area contributed by atoms with E-state index in [9.17, 15) is 4.79 Å². The zero-order chi connectivity index (χ0) is 12.4. The molecule has 0 fully saturated rings. The summed E-state index contributed by atoms with van der Waals surface area (Å²) in [5, 5.41) is 16.9. The van der Waals surface area contributed by atoms with Crippen LogP contribution in [-0.4, -0.2) is 26.1 Å². The van der Waals surface area contributed by atoms with Gasteiger partial charge in [0, 0.05) is 5.02 Å². The van der Waals surface area contributed by atoms with Gasteiger partial charge >= 0.3 is 5.97 Å². The molecule has 0 spiro atoms. The SMILES string of the molecule is Cc1c(C(=O)O)nnn1Cc1cccc(Cl)c1. The van der Waals surface area contributed by atoms with Crippen LogP contribution in [0.25, 0.3) is 0 Å². The van der Waals surface area contributed by atoms with E-state index >= 15 is 0 Å². The highest BCUT2D eigenvalue weighted by Gasteiger charge is 2.14. The molecule has 0 atom stereocenters. The van der Waals surface area contributed by atoms with E-state index in [0.717, 1.165) is 5.56 Å². The second-order valence-electron chi connectivity index (χ2n) is 3.62. The van der Waals surface area contributed by atoms with Crippen LogP contribution >= 0.6 is 11.6 Å². The molecule has 0 aliphatic rings. The Bertz CT molecular complexity index is 566. The van der Waals surface area contributed by atoms with Gasteiger partial charge in [0.25, 0.3) is 0 Å². The summed E-state index contributed by atoms with van der Waals surface area (Å²) in [5.74, 6) is -1.07. The molecule has 1 heterocycles. The molecule has 1 aromatic carbocycles. The number of carboxylic acids is 1. The van der Waals surface area contributed by atoms with Gasteiger partial charge in [-0.25, -0.2) is 9.48 Å². The molecular weight excluding hydrogens is 242 g/mol. The minimum atomic E-state index is -1.07. The van der Waals surface area contributed by atoms with Crippen molar-refractivity contribution in [1.29, 1.82) is 0 Å². The van der Waals surface area contributed by atoms with E-state index in [1.807, 2.05) is 18.2 Å². The van der Waals surface area contributed by atoms with Crippen molar-refractivity contribution in [2.75, 3.05) is 0 Å². The van der Waals surface area contributed by atoms with E-state index in [4.69, 9.17) is 16.7 Å². The average molecular weight is 252 g/mol. The van der Waals surface area contributed by atoms with E-state index in [0.29, 0.717) is 17.3 Å².